The highest BCUT2D eigenvalue weighted by atomic mass is 35.5. The number of urea groups is 1. The Balaban J connectivity index is 1.78. The van der Waals surface area contributed by atoms with Gasteiger partial charge in [0.1, 0.15) is 5.75 Å². The maximum atomic E-state index is 12.7. The summed E-state index contributed by atoms with van der Waals surface area (Å²) < 4.78 is 5.25. The smallest absolute Gasteiger partial charge is 0.317 e. The van der Waals surface area contributed by atoms with Gasteiger partial charge in [-0.3, -0.25) is 4.79 Å². The van der Waals surface area contributed by atoms with Gasteiger partial charge in [0.05, 0.1) is 24.8 Å². The first-order valence-corrected chi connectivity index (χ1v) is 7.55. The van der Waals surface area contributed by atoms with Crippen LogP contribution in [0.2, 0.25) is 5.02 Å². The normalized spacial score (nSPS) is 24.0. The van der Waals surface area contributed by atoms with E-state index in [2.05, 4.69) is 5.32 Å². The fraction of sp³-hybridized carbons (Fsp3) is 0.467. The van der Waals surface area contributed by atoms with Crippen LogP contribution in [-0.2, 0) is 0 Å². The lowest BCUT2D eigenvalue weighted by atomic mass is 9.99. The van der Waals surface area contributed by atoms with E-state index in [0.29, 0.717) is 29.4 Å². The van der Waals surface area contributed by atoms with Gasteiger partial charge in [0.15, 0.2) is 0 Å². The fourth-order valence-electron chi connectivity index (χ4n) is 3.15. The number of likely N-dealkylation sites (tertiary alicyclic amines) is 1. The standard InChI is InChI=1S/C15H18ClN3O3/c1-18-12-5-6-19(8-11(12)17-15(18)21)14(20)10-4-3-9(16)7-13(10)22-2/h3-4,7,11-12H,5-6,8H2,1-2H3,(H,17,21)/t11-,12+/m1/s1. The monoisotopic (exact) mass is 323 g/mol. The van der Waals surface area contributed by atoms with Crippen molar-refractivity contribution in [2.24, 2.45) is 0 Å². The summed E-state index contributed by atoms with van der Waals surface area (Å²) in [5.41, 5.74) is 0.489. The highest BCUT2D eigenvalue weighted by molar-refractivity contribution is 6.30. The number of nitrogens with zero attached hydrogens (tertiary/aromatic N) is 2. The molecule has 3 rings (SSSR count). The van der Waals surface area contributed by atoms with Crippen molar-refractivity contribution in [3.63, 3.8) is 0 Å². The molecule has 0 saturated carbocycles. The summed E-state index contributed by atoms with van der Waals surface area (Å²) in [6, 6.07) is 5.04. The summed E-state index contributed by atoms with van der Waals surface area (Å²) in [5, 5.41) is 3.45. The Morgan fingerprint density at radius 3 is 2.95 bits per heavy atom. The minimum atomic E-state index is -0.101. The summed E-state index contributed by atoms with van der Waals surface area (Å²) in [6.07, 6.45) is 0.765. The number of methoxy groups -OCH3 is 1. The second kappa shape index (κ2) is 5.68. The van der Waals surface area contributed by atoms with E-state index in [9.17, 15) is 9.59 Å². The van der Waals surface area contributed by atoms with E-state index in [0.717, 1.165) is 6.42 Å². The van der Waals surface area contributed by atoms with Gasteiger partial charge in [0.2, 0.25) is 0 Å². The summed E-state index contributed by atoms with van der Waals surface area (Å²) in [6.45, 7) is 1.12. The van der Waals surface area contributed by atoms with Crippen LogP contribution in [0.5, 0.6) is 5.75 Å². The Hall–Kier alpha value is -1.95. The van der Waals surface area contributed by atoms with Crippen molar-refractivity contribution in [1.29, 1.82) is 0 Å². The maximum absolute atomic E-state index is 12.7. The van der Waals surface area contributed by atoms with E-state index in [1.54, 1.807) is 35.0 Å². The first-order chi connectivity index (χ1) is 10.5. The third-order valence-electron chi connectivity index (χ3n) is 4.38. The second-order valence-electron chi connectivity index (χ2n) is 5.62. The van der Waals surface area contributed by atoms with Gasteiger partial charge in [-0.2, -0.15) is 0 Å². The predicted octanol–water partition coefficient (Wildman–Crippen LogP) is 1.59. The average Bonchev–Trinajstić information content (AvgIpc) is 2.80. The van der Waals surface area contributed by atoms with Crippen LogP contribution < -0.4 is 10.1 Å². The molecule has 2 atom stereocenters. The molecule has 6 nitrogen and oxygen atoms in total. The molecule has 2 heterocycles. The van der Waals surface area contributed by atoms with Gasteiger partial charge < -0.3 is 19.9 Å². The molecule has 22 heavy (non-hydrogen) atoms. The second-order valence-corrected chi connectivity index (χ2v) is 6.06. The number of carbonyl (C=O) groups is 2. The van der Waals surface area contributed by atoms with Gasteiger partial charge in [-0.15, -0.1) is 0 Å². The van der Waals surface area contributed by atoms with Crippen LogP contribution >= 0.6 is 11.6 Å². The van der Waals surface area contributed by atoms with Crippen molar-refractivity contribution in [3.8, 4) is 5.75 Å². The third-order valence-corrected chi connectivity index (χ3v) is 4.62. The fourth-order valence-corrected chi connectivity index (χ4v) is 3.31. The lowest BCUT2D eigenvalue weighted by molar-refractivity contribution is 0.0663. The zero-order valence-electron chi connectivity index (χ0n) is 12.5. The van der Waals surface area contributed by atoms with Crippen LogP contribution in [0.4, 0.5) is 4.79 Å². The SMILES string of the molecule is COc1cc(Cl)ccc1C(=O)N1CC[C@H]2[C@@H](C1)NC(=O)N2C. The minimum Gasteiger partial charge on any atom is -0.496 e. The number of rotatable bonds is 2. The van der Waals surface area contributed by atoms with Crippen molar-refractivity contribution >= 4 is 23.5 Å². The molecule has 7 heteroatoms. The Bertz CT molecular complexity index is 622. The maximum Gasteiger partial charge on any atom is 0.317 e. The van der Waals surface area contributed by atoms with E-state index in [4.69, 9.17) is 16.3 Å². The predicted molar refractivity (Wildman–Crippen MR) is 82.4 cm³/mol. The van der Waals surface area contributed by atoms with Crippen LogP contribution in [0.3, 0.4) is 0 Å². The largest absolute Gasteiger partial charge is 0.496 e. The first-order valence-electron chi connectivity index (χ1n) is 7.17. The molecule has 1 aromatic rings. The van der Waals surface area contributed by atoms with Crippen molar-refractivity contribution < 1.29 is 14.3 Å². The number of halogens is 1. The van der Waals surface area contributed by atoms with Crippen LogP contribution in [0.25, 0.3) is 0 Å². The number of piperidine rings is 1. The molecule has 2 aliphatic rings. The Morgan fingerprint density at radius 2 is 2.23 bits per heavy atom. The number of ether oxygens (including phenoxy) is 1. The molecule has 2 aliphatic heterocycles. The molecule has 0 unspecified atom stereocenters. The van der Waals surface area contributed by atoms with E-state index in [1.807, 2.05) is 0 Å². The number of fused-ring (bicyclic) bond motifs is 1. The summed E-state index contributed by atoms with van der Waals surface area (Å²) in [7, 11) is 3.31. The quantitative estimate of drug-likeness (QED) is 0.899. The minimum absolute atomic E-state index is 0.0199. The Labute approximate surface area is 134 Å². The molecular formula is C15H18ClN3O3. The summed E-state index contributed by atoms with van der Waals surface area (Å²) in [5.74, 6) is 0.364. The highest BCUT2D eigenvalue weighted by Crippen LogP contribution is 2.27. The molecule has 2 fully saturated rings. The van der Waals surface area contributed by atoms with Crippen molar-refractivity contribution in [2.75, 3.05) is 27.2 Å². The van der Waals surface area contributed by atoms with E-state index in [1.165, 1.54) is 7.11 Å². The first kappa shape index (κ1) is 15.0. The number of carbonyl (C=O) groups excluding carboxylic acids is 2. The lowest BCUT2D eigenvalue weighted by Crippen LogP contribution is -2.52. The van der Waals surface area contributed by atoms with Crippen LogP contribution in [0.15, 0.2) is 18.2 Å². The number of likely N-dealkylation sites (N-methyl/N-ethyl adjacent to an activating group) is 1. The number of amides is 3. The molecular weight excluding hydrogens is 306 g/mol. The zero-order chi connectivity index (χ0) is 15.9. The number of nitrogens with one attached hydrogen (secondary N) is 1. The van der Waals surface area contributed by atoms with Gasteiger partial charge in [-0.25, -0.2) is 4.79 Å². The molecule has 1 N–H and O–H groups in total. The number of benzene rings is 1. The lowest BCUT2D eigenvalue weighted by Gasteiger charge is -2.36. The van der Waals surface area contributed by atoms with Gasteiger partial charge >= 0.3 is 6.03 Å². The van der Waals surface area contributed by atoms with Gasteiger partial charge in [-0.1, -0.05) is 11.6 Å². The zero-order valence-corrected chi connectivity index (χ0v) is 13.3. The molecule has 118 valence electrons. The summed E-state index contributed by atoms with van der Waals surface area (Å²) in [4.78, 5) is 27.9. The van der Waals surface area contributed by atoms with E-state index in [-0.39, 0.29) is 24.0 Å². The molecule has 3 amide bonds. The highest BCUT2D eigenvalue weighted by Gasteiger charge is 2.41. The average molecular weight is 324 g/mol. The van der Waals surface area contributed by atoms with Gasteiger partial charge in [0, 0.05) is 25.2 Å². The van der Waals surface area contributed by atoms with E-state index < -0.39 is 0 Å². The summed E-state index contributed by atoms with van der Waals surface area (Å²) >= 11 is 5.93. The van der Waals surface area contributed by atoms with Crippen LogP contribution in [0, 0.1) is 0 Å². The number of hydrogen-bond acceptors (Lipinski definition) is 3. The van der Waals surface area contributed by atoms with Crippen molar-refractivity contribution in [1.82, 2.24) is 15.1 Å². The molecule has 1 aromatic carbocycles. The Kier molecular flexibility index (Phi) is 3.87. The van der Waals surface area contributed by atoms with Crippen molar-refractivity contribution in [2.45, 2.75) is 18.5 Å². The van der Waals surface area contributed by atoms with E-state index >= 15 is 0 Å². The van der Waals surface area contributed by atoms with Crippen LogP contribution in [0.1, 0.15) is 16.8 Å². The molecule has 2 saturated heterocycles. The van der Waals surface area contributed by atoms with Crippen LogP contribution in [-0.4, -0.2) is 61.1 Å². The molecule has 0 radical (unpaired) electrons. The van der Waals surface area contributed by atoms with Gasteiger partial charge in [0.25, 0.3) is 5.91 Å². The van der Waals surface area contributed by atoms with Crippen molar-refractivity contribution in [3.05, 3.63) is 28.8 Å². The molecule has 0 bridgehead atoms. The Morgan fingerprint density at radius 1 is 1.45 bits per heavy atom. The van der Waals surface area contributed by atoms with Gasteiger partial charge in [-0.05, 0) is 24.6 Å². The molecule has 0 aliphatic carbocycles. The topological polar surface area (TPSA) is 61.9 Å². The molecule has 0 spiro atoms. The number of hydrogen-bond donors (Lipinski definition) is 1. The molecule has 0 aromatic heterocycles. The third kappa shape index (κ3) is 2.47.